The summed E-state index contributed by atoms with van der Waals surface area (Å²) in [4.78, 5) is 0. The van der Waals surface area contributed by atoms with Crippen molar-refractivity contribution >= 4 is 0 Å². The minimum atomic E-state index is -0.207. The molecule has 0 saturated heterocycles. The van der Waals surface area contributed by atoms with E-state index < -0.39 is 0 Å². The first kappa shape index (κ1) is 12.1. The number of rotatable bonds is 3. The highest BCUT2D eigenvalue weighted by atomic mass is 16.5. The van der Waals surface area contributed by atoms with E-state index >= 15 is 0 Å². The van der Waals surface area contributed by atoms with Gasteiger partial charge in [0, 0.05) is 5.56 Å². The Morgan fingerprint density at radius 1 is 1.40 bits per heavy atom. The van der Waals surface area contributed by atoms with Crippen LogP contribution in [0.2, 0.25) is 0 Å². The van der Waals surface area contributed by atoms with Gasteiger partial charge in [-0.25, -0.2) is 5.11 Å². The maximum absolute atomic E-state index is 10.4. The van der Waals surface area contributed by atoms with Crippen molar-refractivity contribution < 1.29 is 9.84 Å². The summed E-state index contributed by atoms with van der Waals surface area (Å²) in [5, 5.41) is 10.4. The third kappa shape index (κ3) is 3.24. The van der Waals surface area contributed by atoms with Crippen LogP contribution in [0.4, 0.5) is 0 Å². The zero-order valence-corrected chi connectivity index (χ0v) is 9.89. The minimum absolute atomic E-state index is 0.0163. The van der Waals surface area contributed by atoms with Crippen LogP contribution in [-0.2, 0) is 10.5 Å². The smallest absolute Gasteiger partial charge is 0.123 e. The van der Waals surface area contributed by atoms with Crippen molar-refractivity contribution in [3.05, 3.63) is 29.3 Å². The molecule has 0 aliphatic carbocycles. The molecule has 0 aromatic heterocycles. The van der Waals surface area contributed by atoms with Crippen LogP contribution in [0.3, 0.4) is 0 Å². The Labute approximate surface area is 91.9 Å². The molecule has 0 saturated carbocycles. The van der Waals surface area contributed by atoms with Gasteiger partial charge in [-0.15, -0.1) is 0 Å². The maximum atomic E-state index is 10.4. The van der Waals surface area contributed by atoms with Crippen LogP contribution < -0.4 is 4.74 Å². The van der Waals surface area contributed by atoms with Gasteiger partial charge in [-0.05, 0) is 36.1 Å². The number of aryl methyl sites for hydroxylation is 1. The Hall–Kier alpha value is -1.02. The Morgan fingerprint density at radius 2 is 2.07 bits per heavy atom. The van der Waals surface area contributed by atoms with E-state index in [1.807, 2.05) is 19.1 Å². The van der Waals surface area contributed by atoms with E-state index in [-0.39, 0.29) is 18.6 Å². The van der Waals surface area contributed by atoms with E-state index in [2.05, 4.69) is 26.8 Å². The zero-order chi connectivity index (χ0) is 11.5. The fourth-order valence-corrected chi connectivity index (χ4v) is 1.43. The van der Waals surface area contributed by atoms with Gasteiger partial charge in [0.25, 0.3) is 0 Å². The molecule has 0 aliphatic heterocycles. The van der Waals surface area contributed by atoms with Gasteiger partial charge in [0.1, 0.15) is 19.0 Å². The van der Waals surface area contributed by atoms with Gasteiger partial charge < -0.3 is 4.74 Å². The third-order valence-electron chi connectivity index (χ3n) is 2.21. The Kier molecular flexibility index (Phi) is 3.75. The molecule has 0 amide bonds. The topological polar surface area (TPSA) is 29.1 Å². The molecule has 15 heavy (non-hydrogen) atoms. The van der Waals surface area contributed by atoms with Gasteiger partial charge in [-0.3, -0.25) is 0 Å². The van der Waals surface area contributed by atoms with E-state index in [1.165, 1.54) is 0 Å². The fraction of sp³-hybridized carbons (Fsp3) is 0.538. The van der Waals surface area contributed by atoms with Crippen molar-refractivity contribution in [1.82, 2.24) is 0 Å². The third-order valence-corrected chi connectivity index (χ3v) is 2.21. The molecule has 2 heteroatoms. The van der Waals surface area contributed by atoms with Gasteiger partial charge in [0.15, 0.2) is 0 Å². The van der Waals surface area contributed by atoms with E-state index in [0.717, 1.165) is 16.9 Å². The minimum Gasteiger partial charge on any atom is -0.491 e. The molecule has 82 valence electrons. The van der Waals surface area contributed by atoms with Crippen molar-refractivity contribution in [2.45, 2.75) is 33.1 Å². The largest absolute Gasteiger partial charge is 0.491 e. The van der Waals surface area contributed by atoms with Crippen molar-refractivity contribution in [2.75, 3.05) is 13.2 Å². The summed E-state index contributed by atoms with van der Waals surface area (Å²) in [5.74, 6) is 0.814. The Bertz CT molecular complexity index is 324. The fourth-order valence-electron chi connectivity index (χ4n) is 1.43. The summed E-state index contributed by atoms with van der Waals surface area (Å²) in [6, 6.07) is 7.06. The second-order valence-electron chi connectivity index (χ2n) is 4.70. The van der Waals surface area contributed by atoms with Crippen LogP contribution in [0.1, 0.15) is 31.9 Å². The normalized spacial score (nSPS) is 11.5. The molecule has 2 radical (unpaired) electrons. The molecule has 0 atom stereocenters. The lowest BCUT2D eigenvalue weighted by Gasteiger charge is -2.22. The van der Waals surface area contributed by atoms with Crippen LogP contribution in [0.25, 0.3) is 0 Å². The molecule has 2 nitrogen and oxygen atoms in total. The van der Waals surface area contributed by atoms with Gasteiger partial charge in [0.2, 0.25) is 0 Å². The maximum Gasteiger partial charge on any atom is 0.123 e. The molecule has 0 fully saturated rings. The molecule has 0 bridgehead atoms. The molecule has 0 aliphatic rings. The first-order chi connectivity index (χ1) is 6.95. The summed E-state index contributed by atoms with van der Waals surface area (Å²) >= 11 is 0. The predicted molar refractivity (Wildman–Crippen MR) is 59.8 cm³/mol. The molecule has 0 unspecified atom stereocenters. The van der Waals surface area contributed by atoms with E-state index in [4.69, 9.17) is 4.74 Å². The lowest BCUT2D eigenvalue weighted by Crippen LogP contribution is -2.14. The zero-order valence-electron chi connectivity index (χ0n) is 9.89. The Morgan fingerprint density at radius 3 is 2.60 bits per heavy atom. The molecule has 0 heterocycles. The lowest BCUT2D eigenvalue weighted by molar-refractivity contribution is 0.137. The first-order valence-corrected chi connectivity index (χ1v) is 5.19. The van der Waals surface area contributed by atoms with Crippen LogP contribution in [0.15, 0.2) is 12.1 Å². The molecule has 0 spiro atoms. The van der Waals surface area contributed by atoms with Crippen molar-refractivity contribution in [2.24, 2.45) is 0 Å². The first-order valence-electron chi connectivity index (χ1n) is 5.19. The van der Waals surface area contributed by atoms with Crippen LogP contribution in [0.5, 0.6) is 5.75 Å². The summed E-state index contributed by atoms with van der Waals surface area (Å²) in [7, 11) is 0. The molecule has 1 aromatic rings. The lowest BCUT2D eigenvalue weighted by atomic mass is 9.86. The van der Waals surface area contributed by atoms with Crippen LogP contribution in [-0.4, -0.2) is 13.2 Å². The molecule has 1 aromatic carbocycles. The van der Waals surface area contributed by atoms with Gasteiger partial charge in [0.05, 0.1) is 0 Å². The standard InChI is InChI=1S/C13H18O2/c1-10-5-6-11(13(2,3)4)12(9-10)15-8-7-14/h6,9H,7-8H2,1-4H3. The monoisotopic (exact) mass is 206 g/mol. The van der Waals surface area contributed by atoms with Crippen LogP contribution >= 0.6 is 0 Å². The second-order valence-corrected chi connectivity index (χ2v) is 4.70. The van der Waals surface area contributed by atoms with Crippen LogP contribution in [0, 0.1) is 13.0 Å². The van der Waals surface area contributed by atoms with Crippen molar-refractivity contribution in [3.8, 4) is 5.75 Å². The highest BCUT2D eigenvalue weighted by Crippen LogP contribution is 2.31. The molecule has 1 rings (SSSR count). The Balaban J connectivity index is 3.03. The second kappa shape index (κ2) is 4.67. The number of benzene rings is 1. The quantitative estimate of drug-likeness (QED) is 0.747. The predicted octanol–water partition coefficient (Wildman–Crippen LogP) is 2.90. The summed E-state index contributed by atoms with van der Waals surface area (Å²) in [6.07, 6.45) is 0. The van der Waals surface area contributed by atoms with Crippen molar-refractivity contribution in [1.29, 1.82) is 0 Å². The van der Waals surface area contributed by atoms with E-state index in [9.17, 15) is 5.11 Å². The van der Waals surface area contributed by atoms with Gasteiger partial charge >= 0.3 is 0 Å². The molecular weight excluding hydrogens is 188 g/mol. The average Bonchev–Trinajstić information content (AvgIpc) is 2.12. The summed E-state index contributed by atoms with van der Waals surface area (Å²) < 4.78 is 5.46. The SMILES string of the molecule is Cc1[c]cc(C(C)(C)C)c(OCC[O])c1. The number of hydrogen-bond acceptors (Lipinski definition) is 1. The van der Waals surface area contributed by atoms with Gasteiger partial charge in [-0.1, -0.05) is 20.8 Å². The average molecular weight is 206 g/mol. The highest BCUT2D eigenvalue weighted by molar-refractivity contribution is 5.40. The number of hydrogen-bond donors (Lipinski definition) is 0. The molecular formula is C13H18O2. The highest BCUT2D eigenvalue weighted by Gasteiger charge is 2.18. The number of ether oxygens (including phenoxy) is 1. The van der Waals surface area contributed by atoms with Crippen molar-refractivity contribution in [3.63, 3.8) is 0 Å². The van der Waals surface area contributed by atoms with E-state index in [0.29, 0.717) is 0 Å². The molecule has 0 N–H and O–H groups in total. The summed E-state index contributed by atoms with van der Waals surface area (Å²) in [5.41, 5.74) is 2.15. The van der Waals surface area contributed by atoms with E-state index in [1.54, 1.807) is 0 Å². The summed E-state index contributed by atoms with van der Waals surface area (Å²) in [6.45, 7) is 8.35. The van der Waals surface area contributed by atoms with Gasteiger partial charge in [-0.2, -0.15) is 0 Å².